The predicted octanol–water partition coefficient (Wildman–Crippen LogP) is 1.98. The van der Waals surface area contributed by atoms with E-state index in [1.165, 1.54) is 19.3 Å². The third kappa shape index (κ3) is 11.9. The van der Waals surface area contributed by atoms with Gasteiger partial charge in [0.2, 0.25) is 0 Å². The largest absolute Gasteiger partial charge is 0.396 e. The van der Waals surface area contributed by atoms with E-state index in [1.807, 2.05) is 0 Å². The topological polar surface area (TPSA) is 38.7 Å². The van der Waals surface area contributed by atoms with Gasteiger partial charge in [0, 0.05) is 20.3 Å². The van der Waals surface area contributed by atoms with Crippen molar-refractivity contribution >= 4 is 0 Å². The van der Waals surface area contributed by atoms with E-state index in [2.05, 4.69) is 0 Å². The third-order valence-electron chi connectivity index (χ3n) is 2.13. The standard InChI is InChI=1S/C11H24O3/c1-13-10-11-14-9-7-5-3-2-4-6-8-12/h12H,2-11H2,1H3. The number of unbranched alkanes of at least 4 members (excludes halogenated alkanes) is 5. The fourth-order valence-corrected chi connectivity index (χ4v) is 1.27. The molecule has 0 aliphatic carbocycles. The van der Waals surface area contributed by atoms with Crippen LogP contribution >= 0.6 is 0 Å². The molecule has 86 valence electrons. The molecule has 0 heterocycles. The van der Waals surface area contributed by atoms with Crippen molar-refractivity contribution in [2.24, 2.45) is 0 Å². The van der Waals surface area contributed by atoms with Crippen molar-refractivity contribution in [1.29, 1.82) is 0 Å². The molecule has 3 heteroatoms. The summed E-state index contributed by atoms with van der Waals surface area (Å²) in [6.07, 6.45) is 6.97. The molecule has 0 unspecified atom stereocenters. The van der Waals surface area contributed by atoms with Crippen LogP contribution in [0.1, 0.15) is 38.5 Å². The van der Waals surface area contributed by atoms with Crippen molar-refractivity contribution in [2.75, 3.05) is 33.5 Å². The minimum Gasteiger partial charge on any atom is -0.396 e. The van der Waals surface area contributed by atoms with Gasteiger partial charge in [-0.2, -0.15) is 0 Å². The predicted molar refractivity (Wildman–Crippen MR) is 57.5 cm³/mol. The zero-order valence-electron chi connectivity index (χ0n) is 9.33. The van der Waals surface area contributed by atoms with Gasteiger partial charge in [-0.25, -0.2) is 0 Å². The van der Waals surface area contributed by atoms with Gasteiger partial charge in [-0.1, -0.05) is 25.7 Å². The summed E-state index contributed by atoms with van der Waals surface area (Å²) in [6, 6.07) is 0. The Labute approximate surface area is 87.4 Å². The molecule has 0 radical (unpaired) electrons. The summed E-state index contributed by atoms with van der Waals surface area (Å²) in [7, 11) is 1.69. The molecule has 0 spiro atoms. The SMILES string of the molecule is COCCOCCCCCCCCO. The van der Waals surface area contributed by atoms with Crippen LogP contribution < -0.4 is 0 Å². The third-order valence-corrected chi connectivity index (χ3v) is 2.13. The van der Waals surface area contributed by atoms with Crippen molar-refractivity contribution in [3.05, 3.63) is 0 Å². The second kappa shape index (κ2) is 12.9. The van der Waals surface area contributed by atoms with Crippen molar-refractivity contribution < 1.29 is 14.6 Å². The monoisotopic (exact) mass is 204 g/mol. The molecule has 0 saturated heterocycles. The van der Waals surface area contributed by atoms with Gasteiger partial charge >= 0.3 is 0 Å². The summed E-state index contributed by atoms with van der Waals surface area (Å²) in [5.74, 6) is 0. The summed E-state index contributed by atoms with van der Waals surface area (Å²) in [5, 5.41) is 8.56. The molecule has 0 aromatic carbocycles. The number of aliphatic hydroxyl groups excluding tert-OH is 1. The van der Waals surface area contributed by atoms with E-state index >= 15 is 0 Å². The normalized spacial score (nSPS) is 10.7. The average Bonchev–Trinajstić information content (AvgIpc) is 2.21. The van der Waals surface area contributed by atoms with Crippen LogP contribution in [0.15, 0.2) is 0 Å². The Morgan fingerprint density at radius 1 is 0.786 bits per heavy atom. The van der Waals surface area contributed by atoms with Crippen molar-refractivity contribution in [3.63, 3.8) is 0 Å². The highest BCUT2D eigenvalue weighted by molar-refractivity contribution is 4.44. The van der Waals surface area contributed by atoms with Crippen molar-refractivity contribution in [2.45, 2.75) is 38.5 Å². The van der Waals surface area contributed by atoms with E-state index in [9.17, 15) is 0 Å². The molecule has 0 bridgehead atoms. The van der Waals surface area contributed by atoms with Gasteiger partial charge in [0.15, 0.2) is 0 Å². The van der Waals surface area contributed by atoms with Crippen molar-refractivity contribution in [3.8, 4) is 0 Å². The van der Waals surface area contributed by atoms with Crippen LogP contribution in [0.4, 0.5) is 0 Å². The zero-order chi connectivity index (χ0) is 10.5. The Morgan fingerprint density at radius 3 is 2.07 bits per heavy atom. The van der Waals surface area contributed by atoms with Crippen LogP contribution in [0, 0.1) is 0 Å². The van der Waals surface area contributed by atoms with E-state index in [0.29, 0.717) is 19.8 Å². The Bertz CT molecular complexity index is 84.5. The van der Waals surface area contributed by atoms with E-state index in [4.69, 9.17) is 14.6 Å². The highest BCUT2D eigenvalue weighted by atomic mass is 16.5. The van der Waals surface area contributed by atoms with Gasteiger partial charge in [0.25, 0.3) is 0 Å². The molecular formula is C11H24O3. The molecule has 0 rings (SSSR count). The molecule has 14 heavy (non-hydrogen) atoms. The summed E-state index contributed by atoms with van der Waals surface area (Å²) in [5.41, 5.74) is 0. The van der Waals surface area contributed by atoms with E-state index in [0.717, 1.165) is 25.9 Å². The molecule has 0 aromatic heterocycles. The summed E-state index contributed by atoms with van der Waals surface area (Å²) >= 11 is 0. The Balaban J connectivity index is 2.78. The second-order valence-electron chi connectivity index (χ2n) is 3.45. The van der Waals surface area contributed by atoms with Gasteiger partial charge in [-0.3, -0.25) is 0 Å². The van der Waals surface area contributed by atoms with Crippen LogP contribution in [-0.2, 0) is 9.47 Å². The van der Waals surface area contributed by atoms with E-state index in [1.54, 1.807) is 7.11 Å². The molecule has 0 saturated carbocycles. The smallest absolute Gasteiger partial charge is 0.0700 e. The van der Waals surface area contributed by atoms with Crippen LogP contribution in [0.2, 0.25) is 0 Å². The van der Waals surface area contributed by atoms with E-state index < -0.39 is 0 Å². The first kappa shape index (κ1) is 13.9. The summed E-state index contributed by atoms with van der Waals surface area (Å²) in [6.45, 7) is 2.58. The first-order chi connectivity index (χ1) is 6.91. The van der Waals surface area contributed by atoms with Gasteiger partial charge in [-0.05, 0) is 12.8 Å². The molecular weight excluding hydrogens is 180 g/mol. The first-order valence-corrected chi connectivity index (χ1v) is 5.59. The zero-order valence-corrected chi connectivity index (χ0v) is 9.33. The van der Waals surface area contributed by atoms with Crippen LogP contribution in [0.3, 0.4) is 0 Å². The Hall–Kier alpha value is -0.120. The first-order valence-electron chi connectivity index (χ1n) is 5.59. The van der Waals surface area contributed by atoms with Crippen LogP contribution in [-0.4, -0.2) is 38.6 Å². The highest BCUT2D eigenvalue weighted by Crippen LogP contribution is 2.04. The van der Waals surface area contributed by atoms with E-state index in [-0.39, 0.29) is 0 Å². The molecule has 1 N–H and O–H groups in total. The fourth-order valence-electron chi connectivity index (χ4n) is 1.27. The lowest BCUT2D eigenvalue weighted by atomic mass is 10.1. The Morgan fingerprint density at radius 2 is 1.43 bits per heavy atom. The maximum atomic E-state index is 8.56. The molecule has 0 aliphatic rings. The fraction of sp³-hybridized carbons (Fsp3) is 1.00. The number of rotatable bonds is 11. The van der Waals surface area contributed by atoms with Gasteiger partial charge in [-0.15, -0.1) is 0 Å². The van der Waals surface area contributed by atoms with Gasteiger partial charge < -0.3 is 14.6 Å². The lowest BCUT2D eigenvalue weighted by Crippen LogP contribution is -2.02. The van der Waals surface area contributed by atoms with Crippen LogP contribution in [0.25, 0.3) is 0 Å². The number of methoxy groups -OCH3 is 1. The summed E-state index contributed by atoms with van der Waals surface area (Å²) in [4.78, 5) is 0. The molecule has 0 atom stereocenters. The maximum absolute atomic E-state index is 8.56. The Kier molecular flexibility index (Phi) is 12.8. The molecule has 3 nitrogen and oxygen atoms in total. The molecule has 0 aromatic rings. The number of hydrogen-bond donors (Lipinski definition) is 1. The van der Waals surface area contributed by atoms with Crippen molar-refractivity contribution in [1.82, 2.24) is 0 Å². The second-order valence-corrected chi connectivity index (χ2v) is 3.45. The number of hydrogen-bond acceptors (Lipinski definition) is 3. The van der Waals surface area contributed by atoms with Crippen LogP contribution in [0.5, 0.6) is 0 Å². The summed E-state index contributed by atoms with van der Waals surface area (Å²) < 4.78 is 10.2. The maximum Gasteiger partial charge on any atom is 0.0700 e. The quantitative estimate of drug-likeness (QED) is 0.523. The minimum absolute atomic E-state index is 0.333. The number of ether oxygens (including phenoxy) is 2. The van der Waals surface area contributed by atoms with Gasteiger partial charge in [0.1, 0.15) is 0 Å². The highest BCUT2D eigenvalue weighted by Gasteiger charge is 1.91. The van der Waals surface area contributed by atoms with Gasteiger partial charge in [0.05, 0.1) is 13.2 Å². The molecule has 0 fully saturated rings. The molecule has 0 amide bonds. The lowest BCUT2D eigenvalue weighted by molar-refractivity contribution is 0.0685. The number of aliphatic hydroxyl groups is 1. The minimum atomic E-state index is 0.333. The molecule has 0 aliphatic heterocycles. The lowest BCUT2D eigenvalue weighted by Gasteiger charge is -2.03. The average molecular weight is 204 g/mol.